The van der Waals surface area contributed by atoms with Crippen LogP contribution in [0.25, 0.3) is 11.5 Å². The normalized spacial score (nSPS) is 15.8. The predicted octanol–water partition coefficient (Wildman–Crippen LogP) is 3.09. The Hall–Kier alpha value is -2.17. The van der Waals surface area contributed by atoms with Crippen LogP contribution in [0.5, 0.6) is 0 Å². The number of rotatable bonds is 3. The number of aromatic carboxylic acids is 1. The summed E-state index contributed by atoms with van der Waals surface area (Å²) in [5.74, 6) is 0.702. The van der Waals surface area contributed by atoms with Crippen molar-refractivity contribution in [2.24, 2.45) is 0 Å². The van der Waals surface area contributed by atoms with E-state index in [1.165, 1.54) is 25.0 Å². The highest BCUT2D eigenvalue weighted by Crippen LogP contribution is 2.33. The zero-order chi connectivity index (χ0) is 13.2. The van der Waals surface area contributed by atoms with Crippen molar-refractivity contribution in [2.45, 2.75) is 31.6 Å². The molecule has 0 radical (unpaired) electrons. The first kappa shape index (κ1) is 11.9. The van der Waals surface area contributed by atoms with E-state index in [4.69, 9.17) is 9.63 Å². The quantitative estimate of drug-likeness (QED) is 0.915. The van der Waals surface area contributed by atoms with Gasteiger partial charge in [-0.05, 0) is 37.1 Å². The first-order valence-corrected chi connectivity index (χ1v) is 6.41. The highest BCUT2D eigenvalue weighted by Gasteiger charge is 2.22. The van der Waals surface area contributed by atoms with Crippen molar-refractivity contribution in [3.63, 3.8) is 0 Å². The van der Waals surface area contributed by atoms with E-state index in [9.17, 15) is 4.79 Å². The Bertz CT molecular complexity index is 583. The zero-order valence-electron chi connectivity index (χ0n) is 10.4. The number of benzene rings is 1. The highest BCUT2D eigenvalue weighted by molar-refractivity contribution is 5.88. The van der Waals surface area contributed by atoms with Crippen molar-refractivity contribution in [2.75, 3.05) is 0 Å². The summed E-state index contributed by atoms with van der Waals surface area (Å²) in [4.78, 5) is 15.2. The molecule has 2 aromatic rings. The summed E-state index contributed by atoms with van der Waals surface area (Å²) in [6.45, 7) is 0. The van der Waals surface area contributed by atoms with Crippen molar-refractivity contribution < 1.29 is 14.4 Å². The Labute approximate surface area is 110 Å². The molecule has 1 fully saturated rings. The van der Waals surface area contributed by atoms with E-state index in [-0.39, 0.29) is 5.56 Å². The Balaban J connectivity index is 1.83. The molecule has 0 amide bonds. The Morgan fingerprint density at radius 2 is 1.89 bits per heavy atom. The maximum absolute atomic E-state index is 10.8. The van der Waals surface area contributed by atoms with E-state index in [1.807, 2.05) is 0 Å². The summed E-state index contributed by atoms with van der Waals surface area (Å²) in [7, 11) is 0. The molecule has 0 saturated heterocycles. The van der Waals surface area contributed by atoms with Crippen LogP contribution in [0, 0.1) is 0 Å². The molecule has 5 heteroatoms. The zero-order valence-corrected chi connectivity index (χ0v) is 10.4. The van der Waals surface area contributed by atoms with Gasteiger partial charge in [-0.1, -0.05) is 18.0 Å². The number of hydrogen-bond donors (Lipinski definition) is 1. The molecule has 5 nitrogen and oxygen atoms in total. The fourth-order valence-corrected chi connectivity index (χ4v) is 2.46. The van der Waals surface area contributed by atoms with Crippen molar-refractivity contribution >= 4 is 5.97 Å². The largest absolute Gasteiger partial charge is 0.478 e. The topological polar surface area (TPSA) is 76.2 Å². The average Bonchev–Trinajstić information content (AvgIpc) is 3.10. The predicted molar refractivity (Wildman–Crippen MR) is 67.9 cm³/mol. The Morgan fingerprint density at radius 3 is 2.53 bits per heavy atom. The number of aromatic nitrogens is 2. The third kappa shape index (κ3) is 2.36. The fraction of sp³-hybridized carbons (Fsp3) is 0.357. The maximum atomic E-state index is 10.8. The van der Waals surface area contributed by atoms with Crippen LogP contribution in [0.15, 0.2) is 28.8 Å². The molecule has 1 aliphatic carbocycles. The molecule has 1 aromatic heterocycles. The molecular weight excluding hydrogens is 244 g/mol. The van der Waals surface area contributed by atoms with Gasteiger partial charge in [0.1, 0.15) is 0 Å². The van der Waals surface area contributed by atoms with Gasteiger partial charge in [0.2, 0.25) is 0 Å². The molecule has 0 unspecified atom stereocenters. The lowest BCUT2D eigenvalue weighted by Gasteiger charge is -1.99. The Morgan fingerprint density at radius 1 is 1.21 bits per heavy atom. The molecule has 0 aliphatic heterocycles. The molecule has 0 spiro atoms. The fourth-order valence-electron chi connectivity index (χ4n) is 2.46. The van der Waals surface area contributed by atoms with Crippen LogP contribution in [0.4, 0.5) is 0 Å². The van der Waals surface area contributed by atoms with Gasteiger partial charge in [0.25, 0.3) is 5.89 Å². The summed E-state index contributed by atoms with van der Waals surface area (Å²) in [5.41, 5.74) is 1.00. The third-order valence-electron chi connectivity index (χ3n) is 3.54. The number of hydrogen-bond acceptors (Lipinski definition) is 4. The van der Waals surface area contributed by atoms with Crippen molar-refractivity contribution in [3.8, 4) is 11.5 Å². The van der Waals surface area contributed by atoms with Crippen LogP contribution in [-0.4, -0.2) is 21.2 Å². The number of carboxylic acid groups (broad SMARTS) is 1. The minimum absolute atomic E-state index is 0.249. The van der Waals surface area contributed by atoms with Crippen LogP contribution in [0.1, 0.15) is 47.8 Å². The average molecular weight is 258 g/mol. The molecule has 1 heterocycles. The second-order valence-corrected chi connectivity index (χ2v) is 4.82. The van der Waals surface area contributed by atoms with Crippen LogP contribution < -0.4 is 0 Å². The monoisotopic (exact) mass is 258 g/mol. The van der Waals surface area contributed by atoms with Crippen molar-refractivity contribution in [1.82, 2.24) is 10.1 Å². The van der Waals surface area contributed by atoms with Gasteiger partial charge in [-0.2, -0.15) is 4.98 Å². The number of carbonyl (C=O) groups is 1. The standard InChI is InChI=1S/C14H14N2O3/c17-14(18)11-7-5-10(6-8-11)13-15-12(16-19-13)9-3-1-2-4-9/h5-9H,1-4H2,(H,17,18). The molecule has 1 saturated carbocycles. The molecule has 19 heavy (non-hydrogen) atoms. The second kappa shape index (κ2) is 4.84. The van der Waals surface area contributed by atoms with Gasteiger partial charge >= 0.3 is 5.97 Å². The lowest BCUT2D eigenvalue weighted by Crippen LogP contribution is -1.95. The van der Waals surface area contributed by atoms with Crippen molar-refractivity contribution in [1.29, 1.82) is 0 Å². The van der Waals surface area contributed by atoms with E-state index in [0.717, 1.165) is 24.2 Å². The van der Waals surface area contributed by atoms with Gasteiger partial charge < -0.3 is 9.63 Å². The minimum Gasteiger partial charge on any atom is -0.478 e. The van der Waals surface area contributed by atoms with Crippen LogP contribution in [-0.2, 0) is 0 Å². The van der Waals surface area contributed by atoms with E-state index >= 15 is 0 Å². The van der Waals surface area contributed by atoms with E-state index < -0.39 is 5.97 Å². The second-order valence-electron chi connectivity index (χ2n) is 4.82. The molecule has 0 atom stereocenters. The smallest absolute Gasteiger partial charge is 0.335 e. The van der Waals surface area contributed by atoms with E-state index in [0.29, 0.717) is 11.8 Å². The minimum atomic E-state index is -0.941. The first-order chi connectivity index (χ1) is 9.24. The van der Waals surface area contributed by atoms with Gasteiger partial charge in [-0.15, -0.1) is 0 Å². The number of carboxylic acids is 1. The molecule has 1 aromatic carbocycles. The molecule has 1 N–H and O–H groups in total. The lowest BCUT2D eigenvalue weighted by molar-refractivity contribution is 0.0697. The van der Waals surface area contributed by atoms with Crippen LogP contribution >= 0.6 is 0 Å². The third-order valence-corrected chi connectivity index (χ3v) is 3.54. The van der Waals surface area contributed by atoms with E-state index in [2.05, 4.69) is 10.1 Å². The lowest BCUT2D eigenvalue weighted by atomic mass is 10.1. The Kier molecular flexibility index (Phi) is 3.03. The number of nitrogens with zero attached hydrogens (tertiary/aromatic N) is 2. The summed E-state index contributed by atoms with van der Waals surface area (Å²) in [6.07, 6.45) is 4.69. The maximum Gasteiger partial charge on any atom is 0.335 e. The molecule has 1 aliphatic rings. The SMILES string of the molecule is O=C(O)c1ccc(-c2nc(C3CCCC3)no2)cc1. The first-order valence-electron chi connectivity index (χ1n) is 6.41. The summed E-state index contributed by atoms with van der Waals surface area (Å²) >= 11 is 0. The molecule has 3 rings (SSSR count). The van der Waals surface area contributed by atoms with Gasteiger partial charge in [0.15, 0.2) is 5.82 Å². The van der Waals surface area contributed by atoms with Gasteiger partial charge in [0, 0.05) is 11.5 Å². The van der Waals surface area contributed by atoms with E-state index in [1.54, 1.807) is 12.1 Å². The summed E-state index contributed by atoms with van der Waals surface area (Å²) in [5, 5.41) is 12.9. The van der Waals surface area contributed by atoms with Gasteiger partial charge in [0.05, 0.1) is 5.56 Å². The highest BCUT2D eigenvalue weighted by atomic mass is 16.5. The van der Waals surface area contributed by atoms with Gasteiger partial charge in [-0.25, -0.2) is 4.79 Å². The van der Waals surface area contributed by atoms with Crippen LogP contribution in [0.3, 0.4) is 0 Å². The van der Waals surface area contributed by atoms with Crippen molar-refractivity contribution in [3.05, 3.63) is 35.7 Å². The van der Waals surface area contributed by atoms with Crippen LogP contribution in [0.2, 0.25) is 0 Å². The summed E-state index contributed by atoms with van der Waals surface area (Å²) in [6, 6.07) is 6.46. The van der Waals surface area contributed by atoms with Gasteiger partial charge in [-0.3, -0.25) is 0 Å². The molecule has 98 valence electrons. The molecule has 0 bridgehead atoms. The molecular formula is C14H14N2O3. The summed E-state index contributed by atoms with van der Waals surface area (Å²) < 4.78 is 5.25.